The minimum absolute atomic E-state index is 0.316. The third kappa shape index (κ3) is 3.94. The van der Waals surface area contributed by atoms with Crippen molar-refractivity contribution in [3.63, 3.8) is 0 Å². The zero-order valence-electron chi connectivity index (χ0n) is 15.9. The average molecular weight is 432 g/mol. The molecule has 0 aliphatic rings. The van der Waals surface area contributed by atoms with Crippen LogP contribution in [0.15, 0.2) is 49.1 Å². The van der Waals surface area contributed by atoms with Gasteiger partial charge < -0.3 is 13.5 Å². The second kappa shape index (κ2) is 8.02. The summed E-state index contributed by atoms with van der Waals surface area (Å²) in [6.07, 6.45) is 7.20. The first-order valence-corrected chi connectivity index (χ1v) is 9.76. The smallest absolute Gasteiger partial charge is 0.322 e. The van der Waals surface area contributed by atoms with Gasteiger partial charge in [0.25, 0.3) is 0 Å². The molecule has 4 rings (SSSR count). The molecule has 1 atom stereocenters. The first-order chi connectivity index (χ1) is 14.0. The fourth-order valence-corrected chi connectivity index (χ4v) is 3.63. The number of rotatable bonds is 6. The molecule has 0 amide bonds. The van der Waals surface area contributed by atoms with Crippen LogP contribution in [-0.2, 0) is 22.6 Å². The van der Waals surface area contributed by atoms with Gasteiger partial charge in [-0.1, -0.05) is 23.2 Å². The number of halogens is 2. The van der Waals surface area contributed by atoms with Gasteiger partial charge in [-0.05, 0) is 31.2 Å². The Bertz CT molecular complexity index is 1100. The molecule has 4 heterocycles. The number of imidazole rings is 2. The number of aromatic nitrogens is 4. The maximum Gasteiger partial charge on any atom is 0.322 e. The fourth-order valence-electron chi connectivity index (χ4n) is 3.31. The maximum absolute atomic E-state index is 12.3. The lowest BCUT2D eigenvalue weighted by Crippen LogP contribution is -2.39. The van der Waals surface area contributed by atoms with Crippen LogP contribution in [0.2, 0.25) is 10.0 Å². The Morgan fingerprint density at radius 2 is 1.48 bits per heavy atom. The Kier molecular flexibility index (Phi) is 5.45. The number of nitrogens with zero attached hydrogens (tertiary/aromatic N) is 5. The number of methoxy groups -OCH3 is 1. The van der Waals surface area contributed by atoms with Crippen molar-refractivity contribution >= 4 is 40.5 Å². The number of hydrogen-bond donors (Lipinski definition) is 0. The van der Waals surface area contributed by atoms with Crippen LogP contribution in [-0.4, -0.2) is 42.8 Å². The highest BCUT2D eigenvalue weighted by atomic mass is 35.5. The van der Waals surface area contributed by atoms with E-state index in [2.05, 4.69) is 9.97 Å². The Morgan fingerprint density at radius 3 is 1.93 bits per heavy atom. The summed E-state index contributed by atoms with van der Waals surface area (Å²) in [7, 11) is 1.39. The summed E-state index contributed by atoms with van der Waals surface area (Å²) in [6.45, 7) is 2.75. The molecule has 150 valence electrons. The molecule has 9 heteroatoms. The molecule has 7 nitrogen and oxygen atoms in total. The van der Waals surface area contributed by atoms with Gasteiger partial charge in [-0.15, -0.1) is 0 Å². The minimum atomic E-state index is -0.477. The highest BCUT2D eigenvalue weighted by molar-refractivity contribution is 6.30. The number of hydrogen-bond acceptors (Lipinski definition) is 5. The third-order valence-corrected chi connectivity index (χ3v) is 5.36. The summed E-state index contributed by atoms with van der Waals surface area (Å²) >= 11 is 12.3. The van der Waals surface area contributed by atoms with Gasteiger partial charge in [-0.25, -0.2) is 9.97 Å². The van der Waals surface area contributed by atoms with Gasteiger partial charge in [0, 0.05) is 25.5 Å². The lowest BCUT2D eigenvalue weighted by Gasteiger charge is -2.26. The van der Waals surface area contributed by atoms with E-state index in [1.807, 2.05) is 45.2 Å². The topological polar surface area (TPSA) is 64.1 Å². The van der Waals surface area contributed by atoms with Crippen LogP contribution < -0.4 is 0 Å². The van der Waals surface area contributed by atoms with Crippen LogP contribution >= 0.6 is 23.2 Å². The summed E-state index contributed by atoms with van der Waals surface area (Å²) in [5.74, 6) is -0.316. The van der Waals surface area contributed by atoms with Crippen molar-refractivity contribution in [1.82, 2.24) is 23.7 Å². The molecule has 0 N–H and O–H groups in total. The summed E-state index contributed by atoms with van der Waals surface area (Å²) in [6, 6.07) is 6.82. The molecule has 0 saturated heterocycles. The van der Waals surface area contributed by atoms with E-state index in [9.17, 15) is 4.79 Å². The molecule has 0 aliphatic carbocycles. The van der Waals surface area contributed by atoms with Gasteiger partial charge in [0.05, 0.1) is 40.9 Å². The number of carbonyl (C=O) groups excluding carboxylic acids is 1. The highest BCUT2D eigenvalue weighted by Crippen LogP contribution is 2.19. The second-order valence-corrected chi connectivity index (χ2v) is 7.63. The summed E-state index contributed by atoms with van der Waals surface area (Å²) in [5, 5.41) is 1.22. The van der Waals surface area contributed by atoms with Crippen LogP contribution in [0.3, 0.4) is 0 Å². The third-order valence-electron chi connectivity index (χ3n) is 4.91. The van der Waals surface area contributed by atoms with Gasteiger partial charge in [-0.2, -0.15) is 0 Å². The molecule has 0 aliphatic heterocycles. The van der Waals surface area contributed by atoms with Crippen molar-refractivity contribution in [2.75, 3.05) is 7.11 Å². The molecular weight excluding hydrogens is 413 g/mol. The summed E-state index contributed by atoms with van der Waals surface area (Å²) in [4.78, 5) is 23.1. The van der Waals surface area contributed by atoms with E-state index in [1.165, 1.54) is 7.11 Å². The average Bonchev–Trinajstić information content (AvgIpc) is 3.30. The Labute approximate surface area is 177 Å². The minimum Gasteiger partial charge on any atom is -0.468 e. The second-order valence-electron chi connectivity index (χ2n) is 6.75. The van der Waals surface area contributed by atoms with Crippen LogP contribution in [0, 0.1) is 0 Å². The van der Waals surface area contributed by atoms with Gasteiger partial charge in [0.1, 0.15) is 17.3 Å². The van der Waals surface area contributed by atoms with Crippen molar-refractivity contribution in [3.05, 3.63) is 70.5 Å². The largest absolute Gasteiger partial charge is 0.468 e. The first kappa shape index (κ1) is 19.7. The van der Waals surface area contributed by atoms with Crippen molar-refractivity contribution in [1.29, 1.82) is 0 Å². The molecule has 0 aromatic carbocycles. The quantitative estimate of drug-likeness (QED) is 0.433. The predicted octanol–water partition coefficient (Wildman–Crippen LogP) is 3.85. The van der Waals surface area contributed by atoms with Crippen LogP contribution in [0.4, 0.5) is 0 Å². The van der Waals surface area contributed by atoms with E-state index in [0.717, 1.165) is 22.7 Å². The van der Waals surface area contributed by atoms with E-state index in [0.29, 0.717) is 23.1 Å². The number of esters is 1. The molecule has 29 heavy (non-hydrogen) atoms. The van der Waals surface area contributed by atoms with Gasteiger partial charge in [0.2, 0.25) is 0 Å². The predicted molar refractivity (Wildman–Crippen MR) is 111 cm³/mol. The van der Waals surface area contributed by atoms with E-state index in [1.54, 1.807) is 24.5 Å². The normalized spacial score (nSPS) is 12.7. The van der Waals surface area contributed by atoms with Crippen molar-refractivity contribution in [3.8, 4) is 0 Å². The number of ether oxygens (including phenoxy) is 1. The SMILES string of the molecule is COC(=O)C(C)N(Cc1cnc2ccc(Cl)cn12)Cc1cnc2ccc(Cl)cn12. The molecular formula is C20H19Cl2N5O2. The Morgan fingerprint density at radius 1 is 1.00 bits per heavy atom. The van der Waals surface area contributed by atoms with E-state index in [-0.39, 0.29) is 5.97 Å². The molecule has 0 spiro atoms. The van der Waals surface area contributed by atoms with Gasteiger partial charge in [-0.3, -0.25) is 9.69 Å². The molecule has 4 aromatic heterocycles. The van der Waals surface area contributed by atoms with Crippen molar-refractivity contribution < 1.29 is 9.53 Å². The standard InChI is InChI=1S/C20H19Cl2N5O2/c1-13(20(28)29-2)25(11-16-7-23-18-5-3-14(21)9-26(16)18)12-17-8-24-19-6-4-15(22)10-27(17)19/h3-10,13H,11-12H2,1-2H3. The van der Waals surface area contributed by atoms with Crippen LogP contribution in [0.25, 0.3) is 11.3 Å². The lowest BCUT2D eigenvalue weighted by molar-refractivity contribution is -0.146. The molecule has 0 bridgehead atoms. The van der Waals surface area contributed by atoms with Crippen molar-refractivity contribution in [2.45, 2.75) is 26.1 Å². The zero-order valence-corrected chi connectivity index (χ0v) is 17.4. The fraction of sp³-hybridized carbons (Fsp3) is 0.250. The van der Waals surface area contributed by atoms with E-state index >= 15 is 0 Å². The summed E-state index contributed by atoms with van der Waals surface area (Å²) in [5.41, 5.74) is 3.39. The Hall–Kier alpha value is -2.61. The van der Waals surface area contributed by atoms with Gasteiger partial charge >= 0.3 is 5.97 Å². The van der Waals surface area contributed by atoms with Crippen LogP contribution in [0.5, 0.6) is 0 Å². The maximum atomic E-state index is 12.3. The monoisotopic (exact) mass is 431 g/mol. The van der Waals surface area contributed by atoms with Crippen molar-refractivity contribution in [2.24, 2.45) is 0 Å². The molecule has 0 saturated carbocycles. The highest BCUT2D eigenvalue weighted by Gasteiger charge is 2.24. The lowest BCUT2D eigenvalue weighted by atomic mass is 10.2. The van der Waals surface area contributed by atoms with Gasteiger partial charge in [0.15, 0.2) is 0 Å². The van der Waals surface area contributed by atoms with E-state index < -0.39 is 6.04 Å². The molecule has 0 radical (unpaired) electrons. The molecule has 4 aromatic rings. The summed E-state index contributed by atoms with van der Waals surface area (Å²) < 4.78 is 8.82. The first-order valence-electron chi connectivity index (χ1n) is 9.01. The number of fused-ring (bicyclic) bond motifs is 2. The van der Waals surface area contributed by atoms with E-state index in [4.69, 9.17) is 27.9 Å². The number of pyridine rings is 2. The molecule has 0 fully saturated rings. The Balaban J connectivity index is 1.70. The number of carbonyl (C=O) groups is 1. The molecule has 1 unspecified atom stereocenters. The van der Waals surface area contributed by atoms with Crippen LogP contribution in [0.1, 0.15) is 18.3 Å². The zero-order chi connectivity index (χ0) is 20.5.